The first-order valence-electron chi connectivity index (χ1n) is 6.86. The van der Waals surface area contributed by atoms with Gasteiger partial charge in [-0.05, 0) is 56.3 Å². The lowest BCUT2D eigenvalue weighted by Gasteiger charge is -2.17. The third kappa shape index (κ3) is 4.41. The molecule has 4 heteroatoms. The summed E-state index contributed by atoms with van der Waals surface area (Å²) in [4.78, 5) is 3.62. The van der Waals surface area contributed by atoms with Crippen LogP contribution in [0.1, 0.15) is 13.3 Å². The Balaban J connectivity index is 1.69. The Morgan fingerprint density at radius 2 is 2.16 bits per heavy atom. The van der Waals surface area contributed by atoms with Gasteiger partial charge in [-0.3, -0.25) is 4.90 Å². The van der Waals surface area contributed by atoms with Gasteiger partial charge in [-0.1, -0.05) is 0 Å². The van der Waals surface area contributed by atoms with Gasteiger partial charge in [-0.2, -0.15) is 0 Å². The third-order valence-electron chi connectivity index (χ3n) is 3.73. The van der Waals surface area contributed by atoms with Crippen LogP contribution in [-0.2, 0) is 0 Å². The van der Waals surface area contributed by atoms with Gasteiger partial charge in [0, 0.05) is 18.0 Å². The highest BCUT2D eigenvalue weighted by Gasteiger charge is 2.25. The molecule has 0 aromatic heterocycles. The van der Waals surface area contributed by atoms with Gasteiger partial charge in [0.1, 0.15) is 12.4 Å². The number of ether oxygens (including phenoxy) is 1. The lowest BCUT2D eigenvalue weighted by Crippen LogP contribution is -2.28. The molecule has 0 amide bonds. The van der Waals surface area contributed by atoms with E-state index in [0.717, 1.165) is 31.8 Å². The summed E-state index contributed by atoms with van der Waals surface area (Å²) in [6, 6.07) is 8.21. The number of rotatable bonds is 6. The van der Waals surface area contributed by atoms with E-state index in [1.165, 1.54) is 4.90 Å². The van der Waals surface area contributed by atoms with Gasteiger partial charge < -0.3 is 9.84 Å². The highest BCUT2D eigenvalue weighted by atomic mass is 32.2. The first-order chi connectivity index (χ1) is 9.19. The fourth-order valence-corrected chi connectivity index (χ4v) is 2.83. The molecule has 1 saturated heterocycles. The summed E-state index contributed by atoms with van der Waals surface area (Å²) in [5.41, 5.74) is 0. The smallest absolute Gasteiger partial charge is 0.119 e. The van der Waals surface area contributed by atoms with Gasteiger partial charge in [-0.15, -0.1) is 11.8 Å². The van der Waals surface area contributed by atoms with Crippen LogP contribution in [0, 0.1) is 5.92 Å². The van der Waals surface area contributed by atoms with Crippen LogP contribution in [0.3, 0.4) is 0 Å². The molecule has 0 radical (unpaired) electrons. The number of hydrogen-bond acceptors (Lipinski definition) is 4. The predicted molar refractivity (Wildman–Crippen MR) is 79.9 cm³/mol. The summed E-state index contributed by atoms with van der Waals surface area (Å²) in [6.45, 7) is 5.60. The maximum atomic E-state index is 9.56. The fourth-order valence-electron chi connectivity index (χ4n) is 2.42. The summed E-state index contributed by atoms with van der Waals surface area (Å²) in [5, 5.41) is 9.56. The van der Waals surface area contributed by atoms with Crippen molar-refractivity contribution >= 4 is 11.8 Å². The Kier molecular flexibility index (Phi) is 5.55. The van der Waals surface area contributed by atoms with Crippen molar-refractivity contribution in [3.8, 4) is 5.75 Å². The minimum atomic E-state index is -0.190. The molecule has 106 valence electrons. The highest BCUT2D eigenvalue weighted by Crippen LogP contribution is 2.20. The Morgan fingerprint density at radius 3 is 2.74 bits per heavy atom. The van der Waals surface area contributed by atoms with Crippen LogP contribution in [0.4, 0.5) is 0 Å². The molecule has 0 saturated carbocycles. The van der Waals surface area contributed by atoms with Crippen LogP contribution in [0.25, 0.3) is 0 Å². The second-order valence-corrected chi connectivity index (χ2v) is 5.99. The quantitative estimate of drug-likeness (QED) is 0.812. The summed E-state index contributed by atoms with van der Waals surface area (Å²) >= 11 is 1.74. The number of aliphatic hydroxyl groups excluding tert-OH is 1. The second kappa shape index (κ2) is 7.17. The van der Waals surface area contributed by atoms with Gasteiger partial charge in [0.15, 0.2) is 0 Å². The fraction of sp³-hybridized carbons (Fsp3) is 0.600. The normalized spacial score (nSPS) is 21.5. The van der Waals surface area contributed by atoms with Crippen molar-refractivity contribution in [2.45, 2.75) is 24.3 Å². The number of nitrogens with zero attached hydrogens (tertiary/aromatic N) is 1. The van der Waals surface area contributed by atoms with Crippen LogP contribution >= 0.6 is 11.8 Å². The molecule has 1 aliphatic heterocycles. The topological polar surface area (TPSA) is 32.7 Å². The van der Waals surface area contributed by atoms with Gasteiger partial charge >= 0.3 is 0 Å². The molecule has 2 unspecified atom stereocenters. The SMILES string of the molecule is CSc1ccc(OCCN2CCC(C(C)O)C2)cc1. The Labute approximate surface area is 120 Å². The molecule has 1 N–H and O–H groups in total. The van der Waals surface area contributed by atoms with Crippen LogP contribution in [0.2, 0.25) is 0 Å². The Bertz CT molecular complexity index is 380. The number of aliphatic hydroxyl groups is 1. The van der Waals surface area contributed by atoms with E-state index in [0.29, 0.717) is 12.5 Å². The zero-order valence-corrected chi connectivity index (χ0v) is 12.5. The first-order valence-corrected chi connectivity index (χ1v) is 8.09. The van der Waals surface area contributed by atoms with Crippen LogP contribution in [0.15, 0.2) is 29.2 Å². The summed E-state index contributed by atoms with van der Waals surface area (Å²) in [5.74, 6) is 1.37. The van der Waals surface area contributed by atoms with Crippen molar-refractivity contribution < 1.29 is 9.84 Å². The van der Waals surface area contributed by atoms with E-state index in [2.05, 4.69) is 23.3 Å². The predicted octanol–water partition coefficient (Wildman–Crippen LogP) is 2.49. The van der Waals surface area contributed by atoms with E-state index in [1.54, 1.807) is 11.8 Å². The second-order valence-electron chi connectivity index (χ2n) is 5.11. The van der Waals surface area contributed by atoms with E-state index in [4.69, 9.17) is 4.74 Å². The van der Waals surface area contributed by atoms with Crippen molar-refractivity contribution in [3.63, 3.8) is 0 Å². The van der Waals surface area contributed by atoms with E-state index < -0.39 is 0 Å². The van der Waals surface area contributed by atoms with E-state index in [9.17, 15) is 5.11 Å². The molecule has 2 atom stereocenters. The van der Waals surface area contributed by atoms with Gasteiger partial charge in [-0.25, -0.2) is 0 Å². The van der Waals surface area contributed by atoms with Gasteiger partial charge in [0.05, 0.1) is 6.10 Å². The monoisotopic (exact) mass is 281 g/mol. The zero-order valence-electron chi connectivity index (χ0n) is 11.7. The summed E-state index contributed by atoms with van der Waals surface area (Å²) in [6.07, 6.45) is 2.98. The minimum absolute atomic E-state index is 0.190. The zero-order chi connectivity index (χ0) is 13.7. The molecule has 3 nitrogen and oxygen atoms in total. The van der Waals surface area contributed by atoms with Gasteiger partial charge in [0.25, 0.3) is 0 Å². The van der Waals surface area contributed by atoms with Crippen molar-refractivity contribution in [2.24, 2.45) is 5.92 Å². The van der Waals surface area contributed by atoms with Gasteiger partial charge in [0.2, 0.25) is 0 Å². The number of likely N-dealkylation sites (tertiary alicyclic amines) is 1. The van der Waals surface area contributed by atoms with Crippen LogP contribution in [0.5, 0.6) is 5.75 Å². The largest absolute Gasteiger partial charge is 0.492 e. The molecule has 1 aromatic rings. The molecule has 0 bridgehead atoms. The first kappa shape index (κ1) is 14.7. The van der Waals surface area contributed by atoms with Crippen LogP contribution < -0.4 is 4.74 Å². The molecular weight excluding hydrogens is 258 g/mol. The van der Waals surface area contributed by atoms with Crippen molar-refractivity contribution in [2.75, 3.05) is 32.5 Å². The van der Waals surface area contributed by atoms with E-state index >= 15 is 0 Å². The van der Waals surface area contributed by atoms with Crippen molar-refractivity contribution in [1.29, 1.82) is 0 Å². The lowest BCUT2D eigenvalue weighted by molar-refractivity contribution is 0.125. The third-order valence-corrected chi connectivity index (χ3v) is 4.47. The Morgan fingerprint density at radius 1 is 1.42 bits per heavy atom. The molecule has 1 aromatic carbocycles. The summed E-state index contributed by atoms with van der Waals surface area (Å²) < 4.78 is 5.75. The molecule has 2 rings (SSSR count). The number of thioether (sulfide) groups is 1. The molecule has 1 fully saturated rings. The van der Waals surface area contributed by atoms with Crippen molar-refractivity contribution in [3.05, 3.63) is 24.3 Å². The molecule has 19 heavy (non-hydrogen) atoms. The highest BCUT2D eigenvalue weighted by molar-refractivity contribution is 7.98. The Hall–Kier alpha value is -0.710. The molecule has 0 aliphatic carbocycles. The van der Waals surface area contributed by atoms with E-state index in [-0.39, 0.29) is 6.10 Å². The standard InChI is InChI=1S/C15H23NO2S/c1-12(17)13-7-8-16(11-13)9-10-18-14-3-5-15(19-2)6-4-14/h3-6,12-13,17H,7-11H2,1-2H3. The average Bonchev–Trinajstić information content (AvgIpc) is 2.89. The minimum Gasteiger partial charge on any atom is -0.492 e. The maximum absolute atomic E-state index is 9.56. The van der Waals surface area contributed by atoms with E-state index in [1.807, 2.05) is 19.1 Å². The number of benzene rings is 1. The maximum Gasteiger partial charge on any atom is 0.119 e. The number of hydrogen-bond donors (Lipinski definition) is 1. The molecule has 1 aliphatic rings. The van der Waals surface area contributed by atoms with Crippen molar-refractivity contribution in [1.82, 2.24) is 4.90 Å². The summed E-state index contributed by atoms with van der Waals surface area (Å²) in [7, 11) is 0. The average molecular weight is 281 g/mol. The lowest BCUT2D eigenvalue weighted by atomic mass is 10.0. The molecule has 1 heterocycles. The molecular formula is C15H23NO2S. The molecule has 0 spiro atoms. The van der Waals surface area contributed by atoms with Crippen LogP contribution in [-0.4, -0.2) is 48.6 Å².